The lowest BCUT2D eigenvalue weighted by Gasteiger charge is -2.23. The Balaban J connectivity index is 1.76. The largest absolute Gasteiger partial charge is 0.453 e. The van der Waals surface area contributed by atoms with E-state index >= 15 is 0 Å². The lowest BCUT2D eigenvalue weighted by atomic mass is 10.2. The molecule has 2 unspecified atom stereocenters. The van der Waals surface area contributed by atoms with Crippen molar-refractivity contribution in [2.45, 2.75) is 51.7 Å². The fourth-order valence-corrected chi connectivity index (χ4v) is 3.10. The summed E-state index contributed by atoms with van der Waals surface area (Å²) in [6.07, 6.45) is -4.03. The molecule has 1 aliphatic rings. The third-order valence-corrected chi connectivity index (χ3v) is 4.40. The van der Waals surface area contributed by atoms with E-state index in [4.69, 9.17) is 25.1 Å². The fourth-order valence-electron chi connectivity index (χ4n) is 3.10. The molecule has 1 aliphatic heterocycles. The van der Waals surface area contributed by atoms with Crippen LogP contribution in [0.1, 0.15) is 26.3 Å². The first-order chi connectivity index (χ1) is 14.9. The highest BCUT2D eigenvalue weighted by molar-refractivity contribution is 5.67. The number of carbonyl (C=O) groups excluding carboxylic acids is 2. The Kier molecular flexibility index (Phi) is 7.44. The van der Waals surface area contributed by atoms with Crippen molar-refractivity contribution < 1.29 is 34.6 Å². The zero-order valence-corrected chi connectivity index (χ0v) is 16.9. The molecule has 30 heavy (non-hydrogen) atoms. The SMILES string of the molecule is [2H][13CH](OCc1ccccc1)[13C@H]1O[13CH](OC(C)=O)[13C@H](OC(C)=O)[13C@@H]1OCc1ccccc1. The van der Waals surface area contributed by atoms with E-state index in [-0.39, 0.29) is 13.2 Å². The molecule has 0 aromatic heterocycles. The van der Waals surface area contributed by atoms with Crippen LogP contribution < -0.4 is 0 Å². The summed E-state index contributed by atoms with van der Waals surface area (Å²) >= 11 is 0. The van der Waals surface area contributed by atoms with Crippen LogP contribution in [0.25, 0.3) is 0 Å². The van der Waals surface area contributed by atoms with E-state index in [1.807, 2.05) is 60.7 Å². The zero-order chi connectivity index (χ0) is 22.2. The van der Waals surface area contributed by atoms with Gasteiger partial charge in [0.1, 0.15) is 12.2 Å². The van der Waals surface area contributed by atoms with Gasteiger partial charge in [0.2, 0.25) is 6.29 Å². The second-order valence-electron chi connectivity index (χ2n) is 6.85. The molecule has 0 saturated carbocycles. The highest BCUT2D eigenvalue weighted by Gasteiger charge is 2.49. The molecule has 160 valence electrons. The van der Waals surface area contributed by atoms with Crippen molar-refractivity contribution in [3.8, 4) is 0 Å². The Morgan fingerprint density at radius 3 is 2.00 bits per heavy atom. The number of hydrogen-bond donors (Lipinski definition) is 0. The third kappa shape index (κ3) is 6.38. The molecule has 0 amide bonds. The number of benzene rings is 2. The first kappa shape index (κ1) is 20.5. The Morgan fingerprint density at radius 2 is 1.43 bits per heavy atom. The van der Waals surface area contributed by atoms with Crippen LogP contribution in [-0.2, 0) is 46.5 Å². The average Bonchev–Trinajstić information content (AvgIpc) is 3.08. The smallest absolute Gasteiger partial charge is 0.305 e. The fraction of sp³-hybridized carbons (Fsp3) is 0.391. The van der Waals surface area contributed by atoms with Gasteiger partial charge in [-0.25, -0.2) is 0 Å². The molecule has 3 rings (SSSR count). The number of hydrogen-bond acceptors (Lipinski definition) is 7. The summed E-state index contributed by atoms with van der Waals surface area (Å²) in [6, 6.07) is 18.8. The van der Waals surface area contributed by atoms with E-state index in [0.717, 1.165) is 11.1 Å². The molecular weight excluding hydrogens is 393 g/mol. The lowest BCUT2D eigenvalue weighted by Crippen LogP contribution is -2.41. The molecule has 1 heterocycles. The predicted molar refractivity (Wildman–Crippen MR) is 107 cm³/mol. The molecule has 0 bridgehead atoms. The zero-order valence-electron chi connectivity index (χ0n) is 17.9. The molecule has 0 N–H and O–H groups in total. The van der Waals surface area contributed by atoms with E-state index in [9.17, 15) is 9.59 Å². The van der Waals surface area contributed by atoms with Crippen LogP contribution in [-0.4, -0.2) is 43.1 Å². The van der Waals surface area contributed by atoms with Crippen molar-refractivity contribution >= 4 is 11.9 Å². The Morgan fingerprint density at radius 1 is 0.867 bits per heavy atom. The summed E-state index contributed by atoms with van der Waals surface area (Å²) in [5, 5.41) is 0. The van der Waals surface area contributed by atoms with Crippen LogP contribution in [0.5, 0.6) is 0 Å². The molecule has 0 radical (unpaired) electrons. The van der Waals surface area contributed by atoms with Gasteiger partial charge < -0.3 is 23.7 Å². The van der Waals surface area contributed by atoms with Gasteiger partial charge in [-0.3, -0.25) is 9.59 Å². The summed E-state index contributed by atoms with van der Waals surface area (Å²) in [6.45, 7) is 1.69. The molecule has 2 aromatic rings. The Bertz CT molecular complexity index is 846. The van der Waals surface area contributed by atoms with E-state index in [1.165, 1.54) is 13.8 Å². The highest BCUT2D eigenvalue weighted by Crippen LogP contribution is 2.29. The van der Waals surface area contributed by atoms with Crippen molar-refractivity contribution in [3.05, 3.63) is 71.8 Å². The van der Waals surface area contributed by atoms with Crippen LogP contribution in [0.15, 0.2) is 60.7 Å². The lowest BCUT2D eigenvalue weighted by molar-refractivity contribution is -0.197. The van der Waals surface area contributed by atoms with Crippen molar-refractivity contribution in [3.63, 3.8) is 0 Å². The van der Waals surface area contributed by atoms with E-state index in [0.29, 0.717) is 0 Å². The van der Waals surface area contributed by atoms with Gasteiger partial charge in [0.15, 0.2) is 6.10 Å². The van der Waals surface area contributed by atoms with Crippen LogP contribution in [0.4, 0.5) is 0 Å². The van der Waals surface area contributed by atoms with Gasteiger partial charge in [-0.2, -0.15) is 0 Å². The second kappa shape index (κ2) is 10.9. The predicted octanol–water partition coefficient (Wildman–Crippen LogP) is 3.01. The van der Waals surface area contributed by atoms with E-state index in [2.05, 4.69) is 0 Å². The van der Waals surface area contributed by atoms with Gasteiger partial charge in [0.25, 0.3) is 0 Å². The van der Waals surface area contributed by atoms with Gasteiger partial charge in [-0.1, -0.05) is 60.7 Å². The molecule has 0 aliphatic carbocycles. The Hall–Kier alpha value is -2.74. The van der Waals surface area contributed by atoms with Gasteiger partial charge in [0.05, 0.1) is 21.2 Å². The molecule has 1 fully saturated rings. The van der Waals surface area contributed by atoms with Gasteiger partial charge in [-0.05, 0) is 11.1 Å². The average molecular weight is 420 g/mol. The molecule has 1 saturated heterocycles. The molecule has 5 atom stereocenters. The van der Waals surface area contributed by atoms with Crippen molar-refractivity contribution in [2.75, 3.05) is 6.58 Å². The van der Waals surface area contributed by atoms with Crippen LogP contribution in [0.2, 0.25) is 0 Å². The number of esters is 2. The van der Waals surface area contributed by atoms with Gasteiger partial charge in [0, 0.05) is 13.8 Å². The van der Waals surface area contributed by atoms with Gasteiger partial charge in [-0.15, -0.1) is 0 Å². The second-order valence-corrected chi connectivity index (χ2v) is 6.85. The Labute approximate surface area is 177 Å². The maximum absolute atomic E-state index is 11.7. The first-order valence-corrected chi connectivity index (χ1v) is 9.67. The quantitative estimate of drug-likeness (QED) is 0.456. The van der Waals surface area contributed by atoms with Gasteiger partial charge >= 0.3 is 11.9 Å². The first-order valence-electron chi connectivity index (χ1n) is 10.2. The van der Waals surface area contributed by atoms with Crippen molar-refractivity contribution in [1.29, 1.82) is 0 Å². The minimum atomic E-state index is -1.19. The maximum Gasteiger partial charge on any atom is 0.305 e. The molecule has 0 spiro atoms. The minimum absolute atomic E-state index is 0.191. The summed E-state index contributed by atoms with van der Waals surface area (Å²) in [5.74, 6) is -1.18. The topological polar surface area (TPSA) is 80.3 Å². The molecule has 7 nitrogen and oxygen atoms in total. The third-order valence-electron chi connectivity index (χ3n) is 4.40. The van der Waals surface area contributed by atoms with Crippen molar-refractivity contribution in [1.82, 2.24) is 0 Å². The monoisotopic (exact) mass is 420 g/mol. The standard InChI is InChI=1S/C23H26O7/c1-16(24)28-22-21(27-14-19-11-7-4-8-12-19)20(30-23(22)29-17(2)25)15-26-13-18-9-5-3-6-10-18/h3-12,20-23H,13-15H2,1-2H3/t20-,21-,22-,23?/m1/s1/i15+1D,20+1,21+1,22+1,23+1/t15?,20-,21-,22-,23?. The maximum atomic E-state index is 11.7. The van der Waals surface area contributed by atoms with Crippen LogP contribution in [0.3, 0.4) is 0 Å². The highest BCUT2D eigenvalue weighted by atomic mass is 16.9. The molecule has 2 aromatic carbocycles. The van der Waals surface area contributed by atoms with Crippen LogP contribution >= 0.6 is 0 Å². The summed E-state index contributed by atoms with van der Waals surface area (Å²) in [5.41, 5.74) is 1.79. The molecular formula is C23H26O7. The minimum Gasteiger partial charge on any atom is -0.453 e. The summed E-state index contributed by atoms with van der Waals surface area (Å²) in [7, 11) is 0. The normalized spacial score (nSPS) is 24.7. The number of rotatable bonds is 9. The number of carbonyl (C=O) groups is 2. The van der Waals surface area contributed by atoms with Crippen molar-refractivity contribution in [2.24, 2.45) is 0 Å². The summed E-state index contributed by atoms with van der Waals surface area (Å²) < 4.78 is 36.5. The number of ether oxygens (including phenoxy) is 5. The molecule has 7 heteroatoms. The van der Waals surface area contributed by atoms with Crippen LogP contribution in [0, 0.1) is 0 Å². The van der Waals surface area contributed by atoms with E-state index in [1.54, 1.807) is 0 Å². The summed E-state index contributed by atoms with van der Waals surface area (Å²) in [4.78, 5) is 23.2. The van der Waals surface area contributed by atoms with E-state index < -0.39 is 43.1 Å².